The van der Waals surface area contributed by atoms with Gasteiger partial charge in [-0.25, -0.2) is 4.98 Å². The van der Waals surface area contributed by atoms with E-state index in [4.69, 9.17) is 21.1 Å². The minimum Gasteiger partial charge on any atom is -0.486 e. The molecule has 0 bridgehead atoms. The van der Waals surface area contributed by atoms with Crippen LogP contribution in [0.4, 0.5) is 0 Å². The molecule has 0 saturated heterocycles. The summed E-state index contributed by atoms with van der Waals surface area (Å²) in [6, 6.07) is 11.1. The van der Waals surface area contributed by atoms with Crippen molar-refractivity contribution in [1.82, 2.24) is 9.88 Å². The molecule has 0 unspecified atom stereocenters. The number of aromatic nitrogens is 1. The Bertz CT molecular complexity index is 728. The fraction of sp³-hybridized carbons (Fsp3) is 0.294. The van der Waals surface area contributed by atoms with Crippen LogP contribution >= 0.6 is 23.4 Å². The Morgan fingerprint density at radius 2 is 2.12 bits per heavy atom. The Labute approximate surface area is 149 Å². The van der Waals surface area contributed by atoms with Gasteiger partial charge in [-0.05, 0) is 24.3 Å². The van der Waals surface area contributed by atoms with Crippen molar-refractivity contribution in [3.8, 4) is 11.5 Å². The summed E-state index contributed by atoms with van der Waals surface area (Å²) < 4.78 is 11.5. The van der Waals surface area contributed by atoms with E-state index in [2.05, 4.69) is 4.98 Å². The maximum absolute atomic E-state index is 12.3. The topological polar surface area (TPSA) is 51.7 Å². The highest BCUT2D eigenvalue weighted by molar-refractivity contribution is 8.00. The number of thioether (sulfide) groups is 1. The lowest BCUT2D eigenvalue weighted by atomic mass is 10.2. The minimum absolute atomic E-state index is 0.0100. The van der Waals surface area contributed by atoms with Crippen LogP contribution in [-0.4, -0.2) is 47.8 Å². The molecule has 1 atom stereocenters. The predicted octanol–water partition coefficient (Wildman–Crippen LogP) is 3.13. The van der Waals surface area contributed by atoms with E-state index in [0.717, 1.165) is 5.75 Å². The molecule has 7 heteroatoms. The van der Waals surface area contributed by atoms with E-state index >= 15 is 0 Å². The number of hydrogen-bond acceptors (Lipinski definition) is 5. The third kappa shape index (κ3) is 4.13. The lowest BCUT2D eigenvalue weighted by molar-refractivity contribution is -0.128. The summed E-state index contributed by atoms with van der Waals surface area (Å²) in [4.78, 5) is 18.1. The summed E-state index contributed by atoms with van der Waals surface area (Å²) in [7, 11) is 1.76. The summed E-state index contributed by atoms with van der Waals surface area (Å²) in [6.07, 6.45) is 1.48. The van der Waals surface area contributed by atoms with Crippen molar-refractivity contribution in [2.24, 2.45) is 0 Å². The molecule has 3 rings (SSSR count). The van der Waals surface area contributed by atoms with Crippen molar-refractivity contribution in [2.45, 2.75) is 11.1 Å². The van der Waals surface area contributed by atoms with Crippen molar-refractivity contribution >= 4 is 29.3 Å². The van der Waals surface area contributed by atoms with E-state index in [1.807, 2.05) is 24.3 Å². The molecular formula is C17H17ClN2O3S. The first kappa shape index (κ1) is 16.9. The molecule has 0 N–H and O–H groups in total. The molecule has 0 aliphatic carbocycles. The summed E-state index contributed by atoms with van der Waals surface area (Å²) >= 11 is 7.37. The van der Waals surface area contributed by atoms with E-state index in [-0.39, 0.29) is 17.8 Å². The van der Waals surface area contributed by atoms with E-state index in [1.54, 1.807) is 30.3 Å². The molecule has 1 aromatic heterocycles. The molecule has 1 amide bonds. The van der Waals surface area contributed by atoms with Gasteiger partial charge in [-0.2, -0.15) is 0 Å². The van der Waals surface area contributed by atoms with Gasteiger partial charge in [0.15, 0.2) is 17.6 Å². The number of carbonyl (C=O) groups is 1. The molecule has 0 radical (unpaired) electrons. The third-order valence-electron chi connectivity index (χ3n) is 3.53. The SMILES string of the molecule is CN(C[C@H]1COc2ccccc2O1)C(=O)CSc1ncccc1Cl. The number of pyridine rings is 1. The molecule has 1 aliphatic rings. The molecule has 0 spiro atoms. The number of carbonyl (C=O) groups excluding carboxylic acids is 1. The zero-order valence-corrected chi connectivity index (χ0v) is 14.7. The van der Waals surface area contributed by atoms with E-state index in [1.165, 1.54) is 11.8 Å². The average Bonchev–Trinajstić information content (AvgIpc) is 2.60. The molecule has 0 fully saturated rings. The minimum atomic E-state index is -0.183. The van der Waals surface area contributed by atoms with Crippen LogP contribution in [0.25, 0.3) is 0 Å². The van der Waals surface area contributed by atoms with Gasteiger partial charge in [-0.15, -0.1) is 0 Å². The first-order valence-electron chi connectivity index (χ1n) is 7.49. The monoisotopic (exact) mass is 364 g/mol. The highest BCUT2D eigenvalue weighted by Crippen LogP contribution is 2.31. The summed E-state index contributed by atoms with van der Waals surface area (Å²) in [5.74, 6) is 1.72. The van der Waals surface area contributed by atoms with Crippen LogP contribution in [0.3, 0.4) is 0 Å². The first-order chi connectivity index (χ1) is 11.6. The van der Waals surface area contributed by atoms with Gasteiger partial charge in [0.2, 0.25) is 5.91 Å². The van der Waals surface area contributed by atoms with Crippen LogP contribution in [0.1, 0.15) is 0 Å². The number of amides is 1. The molecule has 126 valence electrons. The maximum atomic E-state index is 12.3. The molecule has 2 aromatic rings. The summed E-state index contributed by atoms with van der Waals surface area (Å²) in [6.45, 7) is 0.886. The van der Waals surface area contributed by atoms with Crippen molar-refractivity contribution in [1.29, 1.82) is 0 Å². The Kier molecular flexibility index (Phi) is 5.48. The van der Waals surface area contributed by atoms with Crippen molar-refractivity contribution in [3.63, 3.8) is 0 Å². The third-order valence-corrected chi connectivity index (χ3v) is 4.93. The van der Waals surface area contributed by atoms with Crippen LogP contribution < -0.4 is 9.47 Å². The standard InChI is InChI=1S/C17H17ClN2O3S/c1-20(16(21)11-24-17-13(18)5-4-8-19-17)9-12-10-22-14-6-2-3-7-15(14)23-12/h2-8,12H,9-11H2,1H3/t12-/m0/s1. The molecule has 24 heavy (non-hydrogen) atoms. The van der Waals surface area contributed by atoms with Crippen molar-refractivity contribution in [3.05, 3.63) is 47.6 Å². The van der Waals surface area contributed by atoms with Crippen molar-refractivity contribution in [2.75, 3.05) is 26.0 Å². The number of benzene rings is 1. The zero-order valence-electron chi connectivity index (χ0n) is 13.1. The van der Waals surface area contributed by atoms with E-state index < -0.39 is 0 Å². The van der Waals surface area contributed by atoms with Gasteiger partial charge in [0.25, 0.3) is 0 Å². The van der Waals surface area contributed by atoms with Gasteiger partial charge >= 0.3 is 0 Å². The van der Waals surface area contributed by atoms with Crippen LogP contribution in [-0.2, 0) is 4.79 Å². The van der Waals surface area contributed by atoms with E-state index in [9.17, 15) is 4.79 Å². The lowest BCUT2D eigenvalue weighted by Gasteiger charge is -2.29. The molecule has 0 saturated carbocycles. The largest absolute Gasteiger partial charge is 0.486 e. The van der Waals surface area contributed by atoms with Gasteiger partial charge in [-0.3, -0.25) is 4.79 Å². The highest BCUT2D eigenvalue weighted by atomic mass is 35.5. The predicted molar refractivity (Wildman–Crippen MR) is 94.0 cm³/mol. The Morgan fingerprint density at radius 1 is 1.33 bits per heavy atom. The second-order valence-electron chi connectivity index (χ2n) is 5.35. The van der Waals surface area contributed by atoms with Crippen LogP contribution in [0.5, 0.6) is 11.5 Å². The molecule has 1 aromatic carbocycles. The molecule has 2 heterocycles. The number of likely N-dealkylation sites (N-methyl/N-ethyl adjacent to an activating group) is 1. The smallest absolute Gasteiger partial charge is 0.232 e. The van der Waals surface area contributed by atoms with Gasteiger partial charge in [0.1, 0.15) is 11.6 Å². The Balaban J connectivity index is 1.51. The zero-order chi connectivity index (χ0) is 16.9. The maximum Gasteiger partial charge on any atom is 0.232 e. The van der Waals surface area contributed by atoms with Gasteiger partial charge < -0.3 is 14.4 Å². The number of para-hydroxylation sites is 2. The summed E-state index contributed by atoms with van der Waals surface area (Å²) in [5.41, 5.74) is 0. The number of halogens is 1. The average molecular weight is 365 g/mol. The fourth-order valence-electron chi connectivity index (χ4n) is 2.28. The second kappa shape index (κ2) is 7.77. The van der Waals surface area contributed by atoms with Crippen molar-refractivity contribution < 1.29 is 14.3 Å². The van der Waals surface area contributed by atoms with Crippen LogP contribution in [0.2, 0.25) is 5.02 Å². The molecular weight excluding hydrogens is 348 g/mol. The van der Waals surface area contributed by atoms with Gasteiger partial charge in [0, 0.05) is 13.2 Å². The fourth-order valence-corrected chi connectivity index (χ4v) is 3.39. The van der Waals surface area contributed by atoms with Crippen LogP contribution in [0, 0.1) is 0 Å². The Hall–Kier alpha value is -1.92. The normalized spacial score (nSPS) is 15.8. The number of hydrogen-bond donors (Lipinski definition) is 0. The summed E-state index contributed by atoms with van der Waals surface area (Å²) in [5, 5.41) is 1.21. The first-order valence-corrected chi connectivity index (χ1v) is 8.85. The molecule has 5 nitrogen and oxygen atoms in total. The molecule has 1 aliphatic heterocycles. The second-order valence-corrected chi connectivity index (χ2v) is 6.72. The van der Waals surface area contributed by atoms with Gasteiger partial charge in [-0.1, -0.05) is 35.5 Å². The Morgan fingerprint density at radius 3 is 2.92 bits per heavy atom. The number of rotatable bonds is 5. The number of nitrogens with zero attached hydrogens (tertiary/aromatic N) is 2. The number of ether oxygens (including phenoxy) is 2. The lowest BCUT2D eigenvalue weighted by Crippen LogP contribution is -2.42. The number of fused-ring (bicyclic) bond motifs is 1. The van der Waals surface area contributed by atoms with E-state index in [0.29, 0.717) is 28.9 Å². The quantitative estimate of drug-likeness (QED) is 0.763. The van der Waals surface area contributed by atoms with Crippen LogP contribution in [0.15, 0.2) is 47.6 Å². The van der Waals surface area contributed by atoms with Gasteiger partial charge in [0.05, 0.1) is 17.3 Å². The highest BCUT2D eigenvalue weighted by Gasteiger charge is 2.23.